The van der Waals surface area contributed by atoms with Crippen molar-refractivity contribution in [3.05, 3.63) is 29.3 Å². The highest BCUT2D eigenvalue weighted by molar-refractivity contribution is 5.54. The molecule has 0 aliphatic carbocycles. The molecule has 1 rings (SSSR count). The van der Waals surface area contributed by atoms with E-state index in [1.54, 1.807) is 6.92 Å². The van der Waals surface area contributed by atoms with Gasteiger partial charge in [-0.05, 0) is 31.5 Å². The lowest BCUT2D eigenvalue weighted by molar-refractivity contribution is -0.137. The van der Waals surface area contributed by atoms with E-state index in [-0.39, 0.29) is 12.3 Å². The second-order valence-corrected chi connectivity index (χ2v) is 4.57. The van der Waals surface area contributed by atoms with E-state index in [9.17, 15) is 18.3 Å². The van der Waals surface area contributed by atoms with Gasteiger partial charge in [0.1, 0.15) is 0 Å². The number of anilines is 1. The van der Waals surface area contributed by atoms with Crippen molar-refractivity contribution >= 4 is 5.69 Å². The highest BCUT2D eigenvalue weighted by Crippen LogP contribution is 2.34. The molecule has 19 heavy (non-hydrogen) atoms. The molecule has 3 nitrogen and oxygen atoms in total. The van der Waals surface area contributed by atoms with E-state index in [2.05, 4.69) is 5.32 Å². The number of benzene rings is 1. The quantitative estimate of drug-likeness (QED) is 0.885. The fourth-order valence-corrected chi connectivity index (χ4v) is 1.54. The lowest BCUT2D eigenvalue weighted by atomic mass is 9.99. The Morgan fingerprint density at radius 1 is 1.37 bits per heavy atom. The summed E-state index contributed by atoms with van der Waals surface area (Å²) in [5, 5.41) is 20.8. The predicted octanol–water partition coefficient (Wildman–Crippen LogP) is 3.15. The standard InChI is InChI=1S/C13H15F3N2O/c1-3-12(2,8-19)18-10-5-4-9(7-17)11(6-10)13(14,15)16/h4-6,18-19H,3,8H2,1-2H3. The summed E-state index contributed by atoms with van der Waals surface area (Å²) >= 11 is 0. The van der Waals surface area contributed by atoms with Crippen LogP contribution in [0.3, 0.4) is 0 Å². The Balaban J connectivity index is 3.17. The van der Waals surface area contributed by atoms with Crippen LogP contribution in [0.15, 0.2) is 18.2 Å². The van der Waals surface area contributed by atoms with Crippen LogP contribution in [0.2, 0.25) is 0 Å². The van der Waals surface area contributed by atoms with Gasteiger partial charge < -0.3 is 10.4 Å². The van der Waals surface area contributed by atoms with Gasteiger partial charge in [0.2, 0.25) is 0 Å². The van der Waals surface area contributed by atoms with Crippen LogP contribution in [-0.2, 0) is 6.18 Å². The topological polar surface area (TPSA) is 56.0 Å². The minimum atomic E-state index is -4.58. The van der Waals surface area contributed by atoms with Gasteiger partial charge >= 0.3 is 6.18 Å². The van der Waals surface area contributed by atoms with Crippen LogP contribution < -0.4 is 5.32 Å². The van der Waals surface area contributed by atoms with Crippen LogP contribution in [0.1, 0.15) is 31.4 Å². The zero-order valence-electron chi connectivity index (χ0n) is 10.7. The lowest BCUT2D eigenvalue weighted by Crippen LogP contribution is -2.38. The molecule has 0 bridgehead atoms. The Bertz CT molecular complexity index is 488. The Hall–Kier alpha value is -1.74. The fourth-order valence-electron chi connectivity index (χ4n) is 1.54. The van der Waals surface area contributed by atoms with Crippen LogP contribution >= 0.6 is 0 Å². The molecule has 0 fully saturated rings. The predicted molar refractivity (Wildman–Crippen MR) is 65.6 cm³/mol. The summed E-state index contributed by atoms with van der Waals surface area (Å²) in [7, 11) is 0. The van der Waals surface area contributed by atoms with E-state index >= 15 is 0 Å². The van der Waals surface area contributed by atoms with Crippen molar-refractivity contribution in [2.45, 2.75) is 32.0 Å². The van der Waals surface area contributed by atoms with Crippen molar-refractivity contribution in [2.24, 2.45) is 0 Å². The van der Waals surface area contributed by atoms with Crippen molar-refractivity contribution in [1.82, 2.24) is 0 Å². The van der Waals surface area contributed by atoms with Crippen LogP contribution in [0.5, 0.6) is 0 Å². The molecule has 0 saturated heterocycles. The molecule has 0 aliphatic heterocycles. The zero-order valence-corrected chi connectivity index (χ0v) is 10.7. The average Bonchev–Trinajstić information content (AvgIpc) is 2.37. The van der Waals surface area contributed by atoms with Gasteiger partial charge in [-0.1, -0.05) is 6.92 Å². The van der Waals surface area contributed by atoms with Gasteiger partial charge in [-0.15, -0.1) is 0 Å². The first-order valence-corrected chi connectivity index (χ1v) is 5.76. The summed E-state index contributed by atoms with van der Waals surface area (Å²) in [5.41, 5.74) is -1.86. The lowest BCUT2D eigenvalue weighted by Gasteiger charge is -2.29. The first-order valence-electron chi connectivity index (χ1n) is 5.76. The van der Waals surface area contributed by atoms with Crippen LogP contribution in [0.25, 0.3) is 0 Å². The van der Waals surface area contributed by atoms with Gasteiger partial charge in [0.25, 0.3) is 0 Å². The first-order chi connectivity index (χ1) is 8.75. The molecule has 0 amide bonds. The van der Waals surface area contributed by atoms with Gasteiger partial charge in [0.05, 0.1) is 29.3 Å². The van der Waals surface area contributed by atoms with Crippen LogP contribution in [0.4, 0.5) is 18.9 Å². The largest absolute Gasteiger partial charge is 0.417 e. The molecule has 104 valence electrons. The van der Waals surface area contributed by atoms with Crippen molar-refractivity contribution < 1.29 is 18.3 Å². The Labute approximate surface area is 109 Å². The number of nitrogens with one attached hydrogen (secondary N) is 1. The summed E-state index contributed by atoms with van der Waals surface area (Å²) in [5.74, 6) is 0. The Kier molecular flexibility index (Phi) is 4.43. The number of rotatable bonds is 4. The summed E-state index contributed by atoms with van der Waals surface area (Å²) < 4.78 is 38.4. The smallest absolute Gasteiger partial charge is 0.394 e. The van der Waals surface area contributed by atoms with Crippen molar-refractivity contribution in [1.29, 1.82) is 5.26 Å². The molecule has 1 atom stereocenters. The van der Waals surface area contributed by atoms with Gasteiger partial charge in [-0.2, -0.15) is 18.4 Å². The third-order valence-electron chi connectivity index (χ3n) is 3.02. The summed E-state index contributed by atoms with van der Waals surface area (Å²) in [6.07, 6.45) is -4.03. The van der Waals surface area contributed by atoms with Crippen molar-refractivity contribution in [3.8, 4) is 6.07 Å². The second-order valence-electron chi connectivity index (χ2n) is 4.57. The van der Waals surface area contributed by atoms with Crippen molar-refractivity contribution in [3.63, 3.8) is 0 Å². The molecule has 1 unspecified atom stereocenters. The molecule has 0 heterocycles. The van der Waals surface area contributed by atoms with Crippen molar-refractivity contribution in [2.75, 3.05) is 11.9 Å². The second kappa shape index (κ2) is 5.49. The number of alkyl halides is 3. The third-order valence-corrected chi connectivity index (χ3v) is 3.02. The fraction of sp³-hybridized carbons (Fsp3) is 0.462. The Morgan fingerprint density at radius 2 is 2.00 bits per heavy atom. The maximum Gasteiger partial charge on any atom is 0.417 e. The molecular weight excluding hydrogens is 257 g/mol. The molecular formula is C13H15F3N2O. The minimum Gasteiger partial charge on any atom is -0.394 e. The van der Waals surface area contributed by atoms with Gasteiger partial charge in [0, 0.05) is 5.69 Å². The molecule has 0 aromatic heterocycles. The first kappa shape index (κ1) is 15.3. The SMILES string of the molecule is CCC(C)(CO)Nc1ccc(C#N)c(C(F)(F)F)c1. The molecule has 1 aromatic rings. The molecule has 2 N–H and O–H groups in total. The number of nitrogens with zero attached hydrogens (tertiary/aromatic N) is 1. The highest BCUT2D eigenvalue weighted by atomic mass is 19.4. The summed E-state index contributed by atoms with van der Waals surface area (Å²) in [6.45, 7) is 3.32. The molecule has 0 spiro atoms. The van der Waals surface area contributed by atoms with Gasteiger partial charge in [-0.25, -0.2) is 0 Å². The maximum atomic E-state index is 12.8. The molecule has 0 saturated carbocycles. The number of hydrogen-bond donors (Lipinski definition) is 2. The number of aliphatic hydroxyl groups excluding tert-OH is 1. The average molecular weight is 272 g/mol. The Morgan fingerprint density at radius 3 is 2.42 bits per heavy atom. The monoisotopic (exact) mass is 272 g/mol. The van der Waals surface area contributed by atoms with Crippen LogP contribution in [-0.4, -0.2) is 17.3 Å². The molecule has 0 radical (unpaired) electrons. The minimum absolute atomic E-state index is 0.204. The van der Waals surface area contributed by atoms with Crippen LogP contribution in [0, 0.1) is 11.3 Å². The summed E-state index contributed by atoms with van der Waals surface area (Å²) in [4.78, 5) is 0. The van der Waals surface area contributed by atoms with Gasteiger partial charge in [-0.3, -0.25) is 0 Å². The molecule has 6 heteroatoms. The highest BCUT2D eigenvalue weighted by Gasteiger charge is 2.34. The maximum absolute atomic E-state index is 12.8. The third kappa shape index (κ3) is 3.61. The van der Waals surface area contributed by atoms with E-state index in [0.29, 0.717) is 6.42 Å². The number of nitriles is 1. The van der Waals surface area contributed by atoms with E-state index in [1.165, 1.54) is 12.1 Å². The van der Waals surface area contributed by atoms with E-state index < -0.39 is 22.8 Å². The summed E-state index contributed by atoms with van der Waals surface area (Å²) in [6, 6.07) is 4.94. The zero-order chi connectivity index (χ0) is 14.7. The molecule has 0 aliphatic rings. The number of aliphatic hydroxyl groups is 1. The number of halogens is 3. The molecule has 1 aromatic carbocycles. The normalized spacial score (nSPS) is 14.6. The van der Waals surface area contributed by atoms with E-state index in [1.807, 2.05) is 6.92 Å². The van der Waals surface area contributed by atoms with E-state index in [4.69, 9.17) is 5.26 Å². The number of hydrogen-bond acceptors (Lipinski definition) is 3. The van der Waals surface area contributed by atoms with E-state index in [0.717, 1.165) is 12.1 Å². The van der Waals surface area contributed by atoms with Gasteiger partial charge in [0.15, 0.2) is 0 Å².